The first-order valence-electron chi connectivity index (χ1n) is 8.12. The van der Waals surface area contributed by atoms with Gasteiger partial charge in [0.25, 0.3) is 0 Å². The Morgan fingerprint density at radius 1 is 1.38 bits per heavy atom. The van der Waals surface area contributed by atoms with Crippen LogP contribution >= 0.6 is 11.6 Å². The van der Waals surface area contributed by atoms with Gasteiger partial charge in [-0.25, -0.2) is 0 Å². The summed E-state index contributed by atoms with van der Waals surface area (Å²) in [5, 5.41) is 14.4. The molecule has 1 aromatic rings. The van der Waals surface area contributed by atoms with E-state index in [1.54, 1.807) is 0 Å². The molecule has 2 rings (SSSR count). The minimum absolute atomic E-state index is 0.282. The zero-order valence-electron chi connectivity index (χ0n) is 13.5. The molecule has 21 heavy (non-hydrogen) atoms. The predicted octanol–water partition coefficient (Wildman–Crippen LogP) is 3.41. The van der Waals surface area contributed by atoms with Gasteiger partial charge in [0.1, 0.15) is 5.15 Å². The Morgan fingerprint density at radius 2 is 2.14 bits per heavy atom. The Balaban J connectivity index is 2.14. The first-order valence-corrected chi connectivity index (χ1v) is 8.50. The summed E-state index contributed by atoms with van der Waals surface area (Å²) in [4.78, 5) is 2.51. The SMILES string of the molecule is Cc1nn(CC(C)C)c(Cl)c1C1CCCN1CCCCO. The standard InChI is InChI=1S/C16H28ClN3O/c1-12(2)11-20-16(17)15(13(3)18-20)14-7-6-9-19(14)8-4-5-10-21/h12,14,21H,4-11H2,1-3H3. The maximum absolute atomic E-state index is 8.95. The number of aromatic nitrogens is 2. The maximum atomic E-state index is 8.95. The van der Waals surface area contributed by atoms with Crippen molar-refractivity contribution in [2.75, 3.05) is 19.7 Å². The lowest BCUT2D eigenvalue weighted by Crippen LogP contribution is -2.25. The highest BCUT2D eigenvalue weighted by atomic mass is 35.5. The lowest BCUT2D eigenvalue weighted by atomic mass is 10.1. The number of unbranched alkanes of at least 4 members (excludes halogenated alkanes) is 1. The molecule has 1 saturated heterocycles. The molecular weight excluding hydrogens is 286 g/mol. The molecule has 1 atom stereocenters. The fourth-order valence-corrected chi connectivity index (χ4v) is 3.63. The number of nitrogens with zero attached hydrogens (tertiary/aromatic N) is 3. The molecule has 1 aromatic heterocycles. The molecule has 2 heterocycles. The minimum atomic E-state index is 0.282. The Labute approximate surface area is 133 Å². The molecule has 1 aliphatic rings. The Morgan fingerprint density at radius 3 is 2.81 bits per heavy atom. The van der Waals surface area contributed by atoms with E-state index >= 15 is 0 Å². The highest BCUT2D eigenvalue weighted by Crippen LogP contribution is 2.37. The third-order valence-corrected chi connectivity index (χ3v) is 4.60. The van der Waals surface area contributed by atoms with Gasteiger partial charge in [0.2, 0.25) is 0 Å². The van der Waals surface area contributed by atoms with Gasteiger partial charge in [0.05, 0.1) is 5.69 Å². The third-order valence-electron chi connectivity index (χ3n) is 4.20. The van der Waals surface area contributed by atoms with Gasteiger partial charge in [-0.2, -0.15) is 5.10 Å². The van der Waals surface area contributed by atoms with E-state index in [2.05, 4.69) is 30.8 Å². The monoisotopic (exact) mass is 313 g/mol. The van der Waals surface area contributed by atoms with Crippen molar-refractivity contribution in [3.05, 3.63) is 16.4 Å². The summed E-state index contributed by atoms with van der Waals surface area (Å²) < 4.78 is 1.96. The van der Waals surface area contributed by atoms with Gasteiger partial charge in [0.15, 0.2) is 0 Å². The fraction of sp³-hybridized carbons (Fsp3) is 0.812. The van der Waals surface area contributed by atoms with Crippen molar-refractivity contribution in [2.45, 2.75) is 59.0 Å². The van der Waals surface area contributed by atoms with Gasteiger partial charge in [-0.1, -0.05) is 25.4 Å². The fourth-order valence-electron chi connectivity index (χ4n) is 3.26. The van der Waals surface area contributed by atoms with E-state index in [-0.39, 0.29) is 6.61 Å². The van der Waals surface area contributed by atoms with Crippen molar-refractivity contribution in [3.8, 4) is 0 Å². The van der Waals surface area contributed by atoms with Gasteiger partial charge in [-0.15, -0.1) is 0 Å². The number of halogens is 1. The smallest absolute Gasteiger partial charge is 0.132 e. The van der Waals surface area contributed by atoms with E-state index in [1.807, 2.05) is 4.68 Å². The summed E-state index contributed by atoms with van der Waals surface area (Å²) in [7, 11) is 0. The average molecular weight is 314 g/mol. The number of rotatable bonds is 7. The van der Waals surface area contributed by atoms with Crippen LogP contribution in [0.1, 0.15) is 56.8 Å². The van der Waals surface area contributed by atoms with Crippen LogP contribution in [0.15, 0.2) is 0 Å². The van der Waals surface area contributed by atoms with E-state index < -0.39 is 0 Å². The Bertz CT molecular complexity index is 459. The summed E-state index contributed by atoms with van der Waals surface area (Å²) >= 11 is 6.61. The van der Waals surface area contributed by atoms with Crippen molar-refractivity contribution in [3.63, 3.8) is 0 Å². The summed E-state index contributed by atoms with van der Waals surface area (Å²) in [5.74, 6) is 0.541. The van der Waals surface area contributed by atoms with Crippen LogP contribution in [-0.4, -0.2) is 39.5 Å². The first kappa shape index (κ1) is 16.8. The van der Waals surface area contributed by atoms with E-state index in [0.29, 0.717) is 12.0 Å². The number of hydrogen-bond acceptors (Lipinski definition) is 3. The molecule has 0 aromatic carbocycles. The van der Waals surface area contributed by atoms with Crippen LogP contribution < -0.4 is 0 Å². The molecule has 4 nitrogen and oxygen atoms in total. The number of aryl methyl sites for hydroxylation is 1. The summed E-state index contributed by atoms with van der Waals surface area (Å²) in [6, 6.07) is 0.400. The highest BCUT2D eigenvalue weighted by Gasteiger charge is 2.31. The molecular formula is C16H28ClN3O. The van der Waals surface area contributed by atoms with Crippen molar-refractivity contribution < 1.29 is 5.11 Å². The van der Waals surface area contributed by atoms with Crippen LogP contribution in [0, 0.1) is 12.8 Å². The minimum Gasteiger partial charge on any atom is -0.396 e. The second kappa shape index (κ2) is 7.61. The van der Waals surface area contributed by atoms with Crippen molar-refractivity contribution >= 4 is 11.6 Å². The zero-order chi connectivity index (χ0) is 15.4. The van der Waals surface area contributed by atoms with Crippen LogP contribution in [0.25, 0.3) is 0 Å². The molecule has 0 spiro atoms. The van der Waals surface area contributed by atoms with E-state index in [0.717, 1.165) is 49.7 Å². The number of aliphatic hydroxyl groups excluding tert-OH is 1. The van der Waals surface area contributed by atoms with Gasteiger partial charge < -0.3 is 5.11 Å². The largest absolute Gasteiger partial charge is 0.396 e. The second-order valence-electron chi connectivity index (χ2n) is 6.49. The molecule has 120 valence electrons. The molecule has 0 aliphatic carbocycles. The molecule has 0 amide bonds. The second-order valence-corrected chi connectivity index (χ2v) is 6.85. The first-order chi connectivity index (χ1) is 10.0. The Hall–Kier alpha value is -0.580. The van der Waals surface area contributed by atoms with Crippen LogP contribution in [0.5, 0.6) is 0 Å². The number of aliphatic hydroxyl groups is 1. The highest BCUT2D eigenvalue weighted by molar-refractivity contribution is 6.30. The van der Waals surface area contributed by atoms with Crippen molar-refractivity contribution in [1.29, 1.82) is 0 Å². The molecule has 0 saturated carbocycles. The van der Waals surface area contributed by atoms with Gasteiger partial charge in [-0.05, 0) is 51.6 Å². The van der Waals surface area contributed by atoms with E-state index in [9.17, 15) is 0 Å². The zero-order valence-corrected chi connectivity index (χ0v) is 14.2. The van der Waals surface area contributed by atoms with Gasteiger partial charge in [-0.3, -0.25) is 9.58 Å². The molecule has 1 fully saturated rings. The summed E-state index contributed by atoms with van der Waals surface area (Å²) in [6.07, 6.45) is 4.30. The topological polar surface area (TPSA) is 41.3 Å². The molecule has 0 bridgehead atoms. The van der Waals surface area contributed by atoms with Crippen LogP contribution in [0.2, 0.25) is 5.15 Å². The van der Waals surface area contributed by atoms with Crippen LogP contribution in [0.4, 0.5) is 0 Å². The molecule has 5 heteroatoms. The molecule has 1 N–H and O–H groups in total. The van der Waals surface area contributed by atoms with Crippen LogP contribution in [0.3, 0.4) is 0 Å². The van der Waals surface area contributed by atoms with E-state index in [4.69, 9.17) is 16.7 Å². The summed E-state index contributed by atoms with van der Waals surface area (Å²) in [5.41, 5.74) is 2.29. The van der Waals surface area contributed by atoms with Crippen LogP contribution in [-0.2, 0) is 6.54 Å². The van der Waals surface area contributed by atoms with Gasteiger partial charge in [0, 0.05) is 24.8 Å². The summed E-state index contributed by atoms with van der Waals surface area (Å²) in [6.45, 7) is 9.76. The maximum Gasteiger partial charge on any atom is 0.132 e. The quantitative estimate of drug-likeness (QED) is 0.784. The molecule has 0 radical (unpaired) electrons. The Kier molecular flexibility index (Phi) is 6.08. The van der Waals surface area contributed by atoms with E-state index in [1.165, 1.54) is 12.0 Å². The number of hydrogen-bond donors (Lipinski definition) is 1. The predicted molar refractivity (Wildman–Crippen MR) is 86.7 cm³/mol. The molecule has 1 unspecified atom stereocenters. The van der Waals surface area contributed by atoms with Crippen molar-refractivity contribution in [2.24, 2.45) is 5.92 Å². The van der Waals surface area contributed by atoms with Crippen molar-refractivity contribution in [1.82, 2.24) is 14.7 Å². The third kappa shape index (κ3) is 3.99. The number of likely N-dealkylation sites (tertiary alicyclic amines) is 1. The normalized spacial score (nSPS) is 19.8. The lowest BCUT2D eigenvalue weighted by Gasteiger charge is -2.24. The lowest BCUT2D eigenvalue weighted by molar-refractivity contribution is 0.230. The molecule has 1 aliphatic heterocycles. The average Bonchev–Trinajstić information content (AvgIpc) is 2.95. The van der Waals surface area contributed by atoms with Gasteiger partial charge >= 0.3 is 0 Å².